The Bertz CT molecular complexity index is 1100. The lowest BCUT2D eigenvalue weighted by Gasteiger charge is -2.13. The van der Waals surface area contributed by atoms with E-state index in [4.69, 9.17) is 9.26 Å². The molecule has 0 atom stereocenters. The Morgan fingerprint density at radius 1 is 1.00 bits per heavy atom. The Hall–Kier alpha value is -2.80. The smallest absolute Gasteiger partial charge is 0.265 e. The van der Waals surface area contributed by atoms with E-state index in [1.54, 1.807) is 24.3 Å². The number of rotatable bonds is 5. The lowest BCUT2D eigenvalue weighted by Crippen LogP contribution is -2.14. The molecule has 0 bridgehead atoms. The molecule has 3 aromatic rings. The summed E-state index contributed by atoms with van der Waals surface area (Å²) in [6.45, 7) is 7.63. The maximum absolute atomic E-state index is 13.0. The maximum atomic E-state index is 13.0. The monoisotopic (exact) mass is 386 g/mol. The average molecular weight is 386 g/mol. The molecule has 0 amide bonds. The van der Waals surface area contributed by atoms with Crippen LogP contribution in [0, 0.1) is 27.7 Å². The summed E-state index contributed by atoms with van der Waals surface area (Å²) in [5.41, 5.74) is 4.84. The van der Waals surface area contributed by atoms with Crippen LogP contribution in [0.2, 0.25) is 0 Å². The van der Waals surface area contributed by atoms with Gasteiger partial charge in [0.15, 0.2) is 5.76 Å². The zero-order valence-electron chi connectivity index (χ0n) is 16.0. The Labute approximate surface area is 159 Å². The molecule has 27 heavy (non-hydrogen) atoms. The van der Waals surface area contributed by atoms with Crippen LogP contribution < -0.4 is 9.46 Å². The van der Waals surface area contributed by atoms with Crippen molar-refractivity contribution in [2.45, 2.75) is 32.6 Å². The minimum absolute atomic E-state index is 0.0363. The molecule has 0 radical (unpaired) electrons. The quantitative estimate of drug-likeness (QED) is 0.703. The average Bonchev–Trinajstić information content (AvgIpc) is 2.96. The zero-order chi connectivity index (χ0) is 19.8. The maximum Gasteiger partial charge on any atom is 0.265 e. The first-order valence-corrected chi connectivity index (χ1v) is 9.92. The Morgan fingerprint density at radius 2 is 1.74 bits per heavy atom. The van der Waals surface area contributed by atoms with Gasteiger partial charge in [-0.25, -0.2) is 8.42 Å². The highest BCUT2D eigenvalue weighted by atomic mass is 32.2. The molecule has 1 heterocycles. The minimum Gasteiger partial charge on any atom is -0.495 e. The van der Waals surface area contributed by atoms with Gasteiger partial charge in [-0.15, -0.1) is 0 Å². The van der Waals surface area contributed by atoms with Crippen molar-refractivity contribution in [1.82, 2.24) is 5.16 Å². The number of nitrogens with one attached hydrogen (secondary N) is 1. The Balaban J connectivity index is 2.06. The van der Waals surface area contributed by atoms with Crippen LogP contribution in [0.25, 0.3) is 11.3 Å². The Morgan fingerprint density at radius 3 is 2.33 bits per heavy atom. The summed E-state index contributed by atoms with van der Waals surface area (Å²) >= 11 is 0. The molecule has 0 saturated carbocycles. The van der Waals surface area contributed by atoms with Gasteiger partial charge in [0.05, 0.1) is 12.8 Å². The molecular weight excluding hydrogens is 364 g/mol. The van der Waals surface area contributed by atoms with E-state index >= 15 is 0 Å². The summed E-state index contributed by atoms with van der Waals surface area (Å²) in [7, 11) is -2.42. The van der Waals surface area contributed by atoms with Crippen LogP contribution in [-0.2, 0) is 10.0 Å². The number of anilines is 1. The van der Waals surface area contributed by atoms with Crippen LogP contribution in [0.5, 0.6) is 5.75 Å². The molecule has 0 fully saturated rings. The third kappa shape index (κ3) is 3.68. The molecule has 7 heteroatoms. The van der Waals surface area contributed by atoms with Gasteiger partial charge in [-0.1, -0.05) is 11.2 Å². The largest absolute Gasteiger partial charge is 0.495 e. The van der Waals surface area contributed by atoms with E-state index in [2.05, 4.69) is 9.88 Å². The van der Waals surface area contributed by atoms with Gasteiger partial charge in [0.2, 0.25) is 0 Å². The van der Waals surface area contributed by atoms with E-state index in [-0.39, 0.29) is 10.6 Å². The van der Waals surface area contributed by atoms with E-state index in [9.17, 15) is 8.42 Å². The molecule has 0 aliphatic heterocycles. The third-order valence-electron chi connectivity index (χ3n) is 4.63. The molecule has 0 spiro atoms. The molecule has 0 saturated heterocycles. The molecule has 3 rings (SSSR count). The highest BCUT2D eigenvalue weighted by Crippen LogP contribution is 2.33. The predicted octanol–water partition coefficient (Wildman–Crippen LogP) is 4.38. The predicted molar refractivity (Wildman–Crippen MR) is 105 cm³/mol. The molecule has 142 valence electrons. The van der Waals surface area contributed by atoms with E-state index in [0.29, 0.717) is 17.0 Å². The van der Waals surface area contributed by atoms with Crippen LogP contribution in [0.4, 0.5) is 5.69 Å². The minimum atomic E-state index is -3.86. The van der Waals surface area contributed by atoms with Crippen molar-refractivity contribution in [2.24, 2.45) is 0 Å². The standard InChI is InChI=1S/C20H22N2O4S/c1-12-6-8-17(10-13(12)2)22-27(23,24)19-11-16(7-9-18(19)25-5)20-14(3)15(4)21-26-20/h6-11,22H,1-5H3. The van der Waals surface area contributed by atoms with Gasteiger partial charge in [-0.2, -0.15) is 0 Å². The first-order valence-electron chi connectivity index (χ1n) is 8.44. The van der Waals surface area contributed by atoms with Crippen molar-refractivity contribution in [1.29, 1.82) is 0 Å². The van der Waals surface area contributed by atoms with Gasteiger partial charge in [0, 0.05) is 16.8 Å². The lowest BCUT2D eigenvalue weighted by atomic mass is 10.1. The van der Waals surface area contributed by atoms with Crippen LogP contribution in [0.1, 0.15) is 22.4 Å². The number of ether oxygens (including phenoxy) is 1. The van der Waals surface area contributed by atoms with Crippen molar-refractivity contribution in [3.05, 3.63) is 58.8 Å². The molecule has 1 N–H and O–H groups in total. The fourth-order valence-electron chi connectivity index (χ4n) is 2.73. The molecule has 0 unspecified atom stereocenters. The van der Waals surface area contributed by atoms with Crippen molar-refractivity contribution in [3.63, 3.8) is 0 Å². The van der Waals surface area contributed by atoms with Gasteiger partial charge >= 0.3 is 0 Å². The highest BCUT2D eigenvalue weighted by Gasteiger charge is 2.22. The lowest BCUT2D eigenvalue weighted by molar-refractivity contribution is 0.402. The summed E-state index contributed by atoms with van der Waals surface area (Å²) < 4.78 is 39.3. The number of hydrogen-bond donors (Lipinski definition) is 1. The van der Waals surface area contributed by atoms with Gasteiger partial charge in [-0.05, 0) is 69.2 Å². The fraction of sp³-hybridized carbons (Fsp3) is 0.250. The summed E-state index contributed by atoms with van der Waals surface area (Å²) in [6.07, 6.45) is 0. The Kier molecular flexibility index (Phi) is 4.97. The first-order chi connectivity index (χ1) is 12.7. The zero-order valence-corrected chi connectivity index (χ0v) is 16.8. The molecule has 0 aliphatic carbocycles. The van der Waals surface area contributed by atoms with Crippen molar-refractivity contribution < 1.29 is 17.7 Å². The van der Waals surface area contributed by atoms with Crippen LogP contribution >= 0.6 is 0 Å². The van der Waals surface area contributed by atoms with Crippen LogP contribution in [0.15, 0.2) is 45.8 Å². The van der Waals surface area contributed by atoms with Crippen molar-refractivity contribution in [3.8, 4) is 17.1 Å². The van der Waals surface area contributed by atoms with E-state index in [1.807, 2.05) is 33.8 Å². The second kappa shape index (κ2) is 7.08. The number of aromatic nitrogens is 1. The normalized spacial score (nSPS) is 11.4. The number of methoxy groups -OCH3 is 1. The first kappa shape index (κ1) is 19.0. The van der Waals surface area contributed by atoms with Crippen molar-refractivity contribution in [2.75, 3.05) is 11.8 Å². The highest BCUT2D eigenvalue weighted by molar-refractivity contribution is 7.92. The molecule has 2 aromatic carbocycles. The SMILES string of the molecule is COc1ccc(-c2onc(C)c2C)cc1S(=O)(=O)Nc1ccc(C)c(C)c1. The van der Waals surface area contributed by atoms with Gasteiger partial charge in [0.25, 0.3) is 10.0 Å². The molecule has 6 nitrogen and oxygen atoms in total. The molecule has 1 aromatic heterocycles. The molecular formula is C20H22N2O4S. The number of sulfonamides is 1. The topological polar surface area (TPSA) is 81.4 Å². The molecule has 0 aliphatic rings. The van der Waals surface area contributed by atoms with E-state index < -0.39 is 10.0 Å². The van der Waals surface area contributed by atoms with Gasteiger partial charge < -0.3 is 9.26 Å². The van der Waals surface area contributed by atoms with Crippen LogP contribution in [0.3, 0.4) is 0 Å². The number of hydrogen-bond acceptors (Lipinski definition) is 5. The fourth-order valence-corrected chi connectivity index (χ4v) is 3.97. The summed E-state index contributed by atoms with van der Waals surface area (Å²) in [5.74, 6) is 0.793. The van der Waals surface area contributed by atoms with E-state index in [0.717, 1.165) is 22.4 Å². The van der Waals surface area contributed by atoms with Gasteiger partial charge in [-0.3, -0.25) is 4.72 Å². The second-order valence-corrected chi connectivity index (χ2v) is 8.14. The number of aryl methyl sites for hydroxylation is 3. The number of benzene rings is 2. The third-order valence-corrected chi connectivity index (χ3v) is 6.03. The van der Waals surface area contributed by atoms with E-state index in [1.165, 1.54) is 13.2 Å². The number of nitrogens with zero attached hydrogens (tertiary/aromatic N) is 1. The summed E-state index contributed by atoms with van der Waals surface area (Å²) in [4.78, 5) is 0.0363. The second-order valence-electron chi connectivity index (χ2n) is 6.49. The summed E-state index contributed by atoms with van der Waals surface area (Å²) in [5, 5.41) is 3.94. The van der Waals surface area contributed by atoms with Gasteiger partial charge in [0.1, 0.15) is 10.6 Å². The van der Waals surface area contributed by atoms with Crippen molar-refractivity contribution >= 4 is 15.7 Å². The summed E-state index contributed by atoms with van der Waals surface area (Å²) in [6, 6.07) is 10.3. The van der Waals surface area contributed by atoms with Crippen LogP contribution in [-0.4, -0.2) is 20.7 Å².